The van der Waals surface area contributed by atoms with E-state index in [1.807, 2.05) is 6.07 Å². The average molecular weight is 1040 g/mol. The van der Waals surface area contributed by atoms with Gasteiger partial charge in [0.25, 0.3) is 0 Å². The van der Waals surface area contributed by atoms with Crippen molar-refractivity contribution in [1.82, 2.24) is 18.9 Å². The highest BCUT2D eigenvalue weighted by Crippen LogP contribution is 2.51. The summed E-state index contributed by atoms with van der Waals surface area (Å²) in [6.07, 6.45) is 20.8. The van der Waals surface area contributed by atoms with Crippen molar-refractivity contribution in [3.05, 3.63) is 81.5 Å². The van der Waals surface area contributed by atoms with Gasteiger partial charge in [-0.25, -0.2) is 9.59 Å². The number of piperidine rings is 2. The quantitative estimate of drug-likeness (QED) is 0.136. The summed E-state index contributed by atoms with van der Waals surface area (Å²) < 4.78 is 12.6. The fourth-order valence-corrected chi connectivity index (χ4v) is 15.5. The van der Waals surface area contributed by atoms with Crippen molar-refractivity contribution in [3.63, 3.8) is 0 Å². The molecule has 0 atom stereocenters. The number of carbonyl (C=O) groups excluding carboxylic acids is 1. The molecule has 2 saturated heterocycles. The number of aromatic nitrogens is 2. The Bertz CT molecular complexity index is 2770. The SMILES string of the molecule is COC(=O)c1cc2c(s1)c(C1CCCCC1)c1n2CCN(CCN2CCCCC2)c2ccccc2-1.Cl.Cl.O=C(O)c1cc2c(s1)c(C1CCCCC1)c1n2CCN(CCN2CCCCC2)c2ccccc2-1. The second-order valence-electron chi connectivity index (χ2n) is 20.8. The zero-order valence-corrected chi connectivity index (χ0v) is 45.0. The van der Waals surface area contributed by atoms with Gasteiger partial charge in [0, 0.05) is 74.9 Å². The second-order valence-corrected chi connectivity index (χ2v) is 22.9. The topological polar surface area (TPSA) is 86.4 Å². The first-order chi connectivity index (χ1) is 33.9. The van der Waals surface area contributed by atoms with Crippen molar-refractivity contribution >= 4 is 91.2 Å². The van der Waals surface area contributed by atoms with Crippen molar-refractivity contribution in [2.24, 2.45) is 0 Å². The van der Waals surface area contributed by atoms with Gasteiger partial charge in [-0.15, -0.1) is 47.5 Å². The van der Waals surface area contributed by atoms with Crippen LogP contribution in [0.2, 0.25) is 0 Å². The molecule has 6 aliphatic rings. The average Bonchev–Trinajstić information content (AvgIpc) is 4.13. The van der Waals surface area contributed by atoms with Crippen LogP contribution in [0.4, 0.5) is 11.4 Å². The molecule has 14 heteroatoms. The molecule has 8 heterocycles. The number of esters is 1. The number of fused-ring (bicyclic) bond motifs is 10. The summed E-state index contributed by atoms with van der Waals surface area (Å²) in [4.78, 5) is 36.0. The highest BCUT2D eigenvalue weighted by Gasteiger charge is 2.34. The highest BCUT2D eigenvalue weighted by molar-refractivity contribution is 7.21. The van der Waals surface area contributed by atoms with E-state index in [9.17, 15) is 14.7 Å². The molecule has 4 aliphatic heterocycles. The lowest BCUT2D eigenvalue weighted by Crippen LogP contribution is -2.38. The predicted octanol–water partition coefficient (Wildman–Crippen LogP) is 13.8. The van der Waals surface area contributed by atoms with Crippen LogP contribution in [0, 0.1) is 0 Å². The van der Waals surface area contributed by atoms with Crippen LogP contribution in [0.25, 0.3) is 42.9 Å². The van der Waals surface area contributed by atoms with E-state index >= 15 is 0 Å². The number of carboxylic acids is 1. The summed E-state index contributed by atoms with van der Waals surface area (Å²) in [6.45, 7) is 13.1. The minimum Gasteiger partial charge on any atom is -0.477 e. The molecule has 2 aromatic carbocycles. The molecule has 1 N–H and O–H groups in total. The number of likely N-dealkylation sites (tertiary alicyclic amines) is 2. The number of benzene rings is 2. The van der Waals surface area contributed by atoms with E-state index in [2.05, 4.69) is 83.3 Å². The van der Waals surface area contributed by atoms with Crippen LogP contribution in [0.1, 0.15) is 145 Å². The zero-order valence-electron chi connectivity index (χ0n) is 41.7. The van der Waals surface area contributed by atoms with Crippen molar-refractivity contribution in [2.75, 3.05) is 82.4 Å². The number of ether oxygens (including phenoxy) is 1. The number of halogens is 2. The Hall–Kier alpha value is -4.04. The molecule has 382 valence electrons. The maximum atomic E-state index is 12.5. The van der Waals surface area contributed by atoms with Crippen LogP contribution >= 0.6 is 47.5 Å². The normalized spacial score (nSPS) is 19.0. The van der Waals surface area contributed by atoms with Gasteiger partial charge in [0.05, 0.1) is 38.9 Å². The molecule has 0 spiro atoms. The number of carbonyl (C=O) groups is 2. The number of methoxy groups -OCH3 is 1. The minimum absolute atomic E-state index is 0. The van der Waals surface area contributed by atoms with E-state index < -0.39 is 5.97 Å². The molecule has 0 bridgehead atoms. The molecule has 6 aromatic rings. The van der Waals surface area contributed by atoms with Crippen molar-refractivity contribution < 1.29 is 19.4 Å². The Kier molecular flexibility index (Phi) is 17.1. The summed E-state index contributed by atoms with van der Waals surface area (Å²) in [5.74, 6) is 0.0787. The first kappa shape index (κ1) is 51.8. The van der Waals surface area contributed by atoms with Gasteiger partial charge in [-0.3, -0.25) is 0 Å². The Morgan fingerprint density at radius 1 is 0.535 bits per heavy atom. The number of hydrogen-bond acceptors (Lipinski definition) is 9. The van der Waals surface area contributed by atoms with E-state index in [1.165, 1.54) is 207 Å². The van der Waals surface area contributed by atoms with Crippen LogP contribution in [0.15, 0.2) is 60.7 Å². The van der Waals surface area contributed by atoms with Crippen molar-refractivity contribution in [3.8, 4) is 22.5 Å². The lowest BCUT2D eigenvalue weighted by atomic mass is 9.83. The number of para-hydroxylation sites is 2. The molecule has 2 aliphatic carbocycles. The zero-order chi connectivity index (χ0) is 46.8. The van der Waals surface area contributed by atoms with Gasteiger partial charge < -0.3 is 38.6 Å². The fourth-order valence-electron chi connectivity index (χ4n) is 13.1. The number of aromatic carboxylic acids is 1. The van der Waals surface area contributed by atoms with Crippen molar-refractivity contribution in [1.29, 1.82) is 0 Å². The summed E-state index contributed by atoms with van der Waals surface area (Å²) >= 11 is 3.13. The van der Waals surface area contributed by atoms with Gasteiger partial charge in [0.2, 0.25) is 0 Å². The number of carboxylic acid groups (broad SMARTS) is 1. The smallest absolute Gasteiger partial charge is 0.348 e. The minimum atomic E-state index is -0.803. The van der Waals surface area contributed by atoms with Crippen LogP contribution in [-0.2, 0) is 17.8 Å². The van der Waals surface area contributed by atoms with Gasteiger partial charge in [-0.1, -0.05) is 87.8 Å². The number of rotatable bonds is 10. The summed E-state index contributed by atoms with van der Waals surface area (Å²) in [5, 5.41) is 9.75. The van der Waals surface area contributed by atoms with Gasteiger partial charge in [0.15, 0.2) is 0 Å². The molecule has 4 fully saturated rings. The van der Waals surface area contributed by atoms with Gasteiger partial charge in [0.1, 0.15) is 9.75 Å². The number of anilines is 2. The first-order valence-electron chi connectivity index (χ1n) is 26.7. The largest absolute Gasteiger partial charge is 0.477 e. The van der Waals surface area contributed by atoms with E-state index in [-0.39, 0.29) is 30.8 Å². The third-order valence-electron chi connectivity index (χ3n) is 16.6. The Labute approximate surface area is 441 Å². The fraction of sp³-hybridized carbons (Fsp3) is 0.544. The van der Waals surface area contributed by atoms with Crippen LogP contribution < -0.4 is 9.80 Å². The lowest BCUT2D eigenvalue weighted by molar-refractivity contribution is 0.0605. The Morgan fingerprint density at radius 2 is 0.944 bits per heavy atom. The van der Waals surface area contributed by atoms with E-state index in [1.54, 1.807) is 11.3 Å². The Balaban J connectivity index is 0.000000171. The molecule has 0 amide bonds. The molecule has 71 heavy (non-hydrogen) atoms. The molecular formula is C57H74Cl2N6O4S2. The van der Waals surface area contributed by atoms with Crippen LogP contribution in [0.3, 0.4) is 0 Å². The van der Waals surface area contributed by atoms with Crippen molar-refractivity contribution in [2.45, 2.75) is 128 Å². The predicted molar refractivity (Wildman–Crippen MR) is 300 cm³/mol. The second kappa shape index (κ2) is 23.4. The molecule has 0 radical (unpaired) electrons. The van der Waals surface area contributed by atoms with Gasteiger partial charge in [-0.05, 0) is 125 Å². The monoisotopic (exact) mass is 1040 g/mol. The third-order valence-corrected chi connectivity index (χ3v) is 18.9. The molecule has 4 aromatic heterocycles. The summed E-state index contributed by atoms with van der Waals surface area (Å²) in [7, 11) is 1.48. The maximum Gasteiger partial charge on any atom is 0.348 e. The maximum absolute atomic E-state index is 12.5. The number of hydrogen-bond donors (Lipinski definition) is 1. The molecule has 2 saturated carbocycles. The molecule has 0 unspecified atom stereocenters. The third kappa shape index (κ3) is 10.5. The van der Waals surface area contributed by atoms with E-state index in [0.29, 0.717) is 16.7 Å². The van der Waals surface area contributed by atoms with E-state index in [4.69, 9.17) is 4.74 Å². The number of nitrogens with zero attached hydrogens (tertiary/aromatic N) is 6. The summed E-state index contributed by atoms with van der Waals surface area (Å²) in [6, 6.07) is 22.0. The van der Waals surface area contributed by atoms with Gasteiger partial charge >= 0.3 is 11.9 Å². The number of thiophene rings is 2. The molecule has 12 rings (SSSR count). The van der Waals surface area contributed by atoms with Crippen LogP contribution in [0.5, 0.6) is 0 Å². The van der Waals surface area contributed by atoms with Crippen LogP contribution in [-0.4, -0.2) is 109 Å². The highest BCUT2D eigenvalue weighted by atomic mass is 35.5. The molecule has 10 nitrogen and oxygen atoms in total. The van der Waals surface area contributed by atoms with E-state index in [0.717, 1.165) is 62.8 Å². The standard InChI is InChI=1S/C29H37N3O2S.C28H35N3O2S.2ClH/c1-34-29(33)25-20-24-28(35-25)26(21-10-4-2-5-11-21)27-22-12-6-7-13-23(22)31(18-19-32(24)27)17-16-30-14-8-3-9-15-30;32-28(33)24-19-23-27(34-24)25(20-9-3-1-4-10-20)26-21-11-5-6-12-22(21)30(17-18-31(23)26)16-15-29-13-7-2-8-14-29;;/h6-7,12-13,20-21H,2-5,8-11,14-19H2,1H3;5-6,11-12,19-20H,1-4,7-10,13-18H2,(H,32,33);2*1H. The van der Waals surface area contributed by atoms with Gasteiger partial charge in [-0.2, -0.15) is 0 Å². The first-order valence-corrected chi connectivity index (χ1v) is 28.3. The summed E-state index contributed by atoms with van der Waals surface area (Å²) in [5.41, 5.74) is 13.5. The molecular weight excluding hydrogens is 968 g/mol. The Morgan fingerprint density at radius 3 is 1.38 bits per heavy atom. The lowest BCUT2D eigenvalue weighted by Gasteiger charge is -2.31.